The van der Waals surface area contributed by atoms with Gasteiger partial charge in [0.2, 0.25) is 0 Å². The van der Waals surface area contributed by atoms with Crippen LogP contribution in [0.4, 0.5) is 0 Å². The zero-order valence-electron chi connectivity index (χ0n) is 11.4. The molecule has 0 saturated carbocycles. The largest absolute Gasteiger partial charge is 0.487 e. The van der Waals surface area contributed by atoms with Gasteiger partial charge in [-0.1, -0.05) is 50.1 Å². The fourth-order valence-electron chi connectivity index (χ4n) is 1.65. The van der Waals surface area contributed by atoms with E-state index < -0.39 is 0 Å². The van der Waals surface area contributed by atoms with Crippen molar-refractivity contribution in [3.63, 3.8) is 0 Å². The van der Waals surface area contributed by atoms with Crippen molar-refractivity contribution in [3.8, 4) is 5.75 Å². The monoisotopic (exact) mass is 441 g/mol. The van der Waals surface area contributed by atoms with E-state index in [0.29, 0.717) is 5.71 Å². The lowest BCUT2D eigenvalue weighted by Crippen LogP contribution is -2.27. The molecule has 0 aliphatic rings. The average molecular weight is 443 g/mol. The SMILES string of the molecule is NC(=S)N/N=C(\COc1cccc(Br)c1)c1ccc(Br)cc1. The molecule has 0 spiro atoms. The molecule has 2 aromatic rings. The predicted octanol–water partition coefficient (Wildman–Crippen LogP) is 3.83. The molecule has 0 aliphatic carbocycles. The molecule has 114 valence electrons. The molecule has 3 N–H and O–H groups in total. The van der Waals surface area contributed by atoms with Gasteiger partial charge in [-0.15, -0.1) is 0 Å². The third-order valence-corrected chi connectivity index (χ3v) is 3.76. The van der Waals surface area contributed by atoms with Crippen LogP contribution >= 0.6 is 44.1 Å². The highest BCUT2D eigenvalue weighted by Gasteiger charge is 2.06. The summed E-state index contributed by atoms with van der Waals surface area (Å²) in [7, 11) is 0. The van der Waals surface area contributed by atoms with Crippen LogP contribution in [0.1, 0.15) is 5.56 Å². The summed E-state index contributed by atoms with van der Waals surface area (Å²) in [6, 6.07) is 15.4. The second kappa shape index (κ2) is 8.26. The van der Waals surface area contributed by atoms with Crippen LogP contribution in [0.5, 0.6) is 5.75 Å². The third-order valence-electron chi connectivity index (χ3n) is 2.65. The number of hydrogen-bond acceptors (Lipinski definition) is 3. The Morgan fingerprint density at radius 3 is 2.50 bits per heavy atom. The van der Waals surface area contributed by atoms with Crippen LogP contribution in [-0.4, -0.2) is 17.4 Å². The highest BCUT2D eigenvalue weighted by Crippen LogP contribution is 2.18. The van der Waals surface area contributed by atoms with Crippen LogP contribution in [0.15, 0.2) is 62.6 Å². The molecule has 0 heterocycles. The van der Waals surface area contributed by atoms with Gasteiger partial charge in [0.15, 0.2) is 5.11 Å². The Hall–Kier alpha value is -1.44. The van der Waals surface area contributed by atoms with E-state index in [1.54, 1.807) is 0 Å². The highest BCUT2D eigenvalue weighted by atomic mass is 79.9. The van der Waals surface area contributed by atoms with Crippen LogP contribution in [0.25, 0.3) is 0 Å². The molecule has 0 amide bonds. The number of halogens is 2. The summed E-state index contributed by atoms with van der Waals surface area (Å²) in [5.74, 6) is 0.745. The zero-order chi connectivity index (χ0) is 15.9. The van der Waals surface area contributed by atoms with Crippen LogP contribution < -0.4 is 15.9 Å². The van der Waals surface area contributed by atoms with E-state index in [4.69, 9.17) is 22.7 Å². The molecule has 2 aromatic carbocycles. The maximum Gasteiger partial charge on any atom is 0.184 e. The summed E-state index contributed by atoms with van der Waals surface area (Å²) in [5, 5.41) is 4.32. The standard InChI is InChI=1S/C15H13Br2N3OS/c16-11-6-4-10(5-7-11)14(19-20-15(18)22)9-21-13-3-1-2-12(17)8-13/h1-8H,9H2,(H3,18,20,22)/b19-14+. The number of rotatable bonds is 5. The van der Waals surface area contributed by atoms with E-state index in [-0.39, 0.29) is 11.7 Å². The summed E-state index contributed by atoms with van der Waals surface area (Å²) in [6.07, 6.45) is 0. The molecule has 22 heavy (non-hydrogen) atoms. The first kappa shape index (κ1) is 16.9. The van der Waals surface area contributed by atoms with Gasteiger partial charge in [-0.2, -0.15) is 5.10 Å². The van der Waals surface area contributed by atoms with Gasteiger partial charge >= 0.3 is 0 Å². The third kappa shape index (κ3) is 5.40. The van der Waals surface area contributed by atoms with Crippen molar-refractivity contribution in [3.05, 3.63) is 63.0 Å². The zero-order valence-corrected chi connectivity index (χ0v) is 15.4. The molecule has 0 aliphatic heterocycles. The first-order valence-electron chi connectivity index (χ1n) is 6.31. The van der Waals surface area contributed by atoms with Crippen molar-refractivity contribution in [2.24, 2.45) is 10.8 Å². The number of ether oxygens (including phenoxy) is 1. The Morgan fingerprint density at radius 1 is 1.14 bits per heavy atom. The second-order valence-corrected chi connectivity index (χ2v) is 6.56. The maximum atomic E-state index is 5.77. The molecule has 0 saturated heterocycles. The van der Waals surface area contributed by atoms with Crippen LogP contribution in [-0.2, 0) is 0 Å². The van der Waals surface area contributed by atoms with E-state index in [1.807, 2.05) is 48.5 Å². The lowest BCUT2D eigenvalue weighted by molar-refractivity contribution is 0.376. The number of thiocarbonyl (C=S) groups is 1. The molecule has 0 radical (unpaired) electrons. The first-order valence-corrected chi connectivity index (χ1v) is 8.30. The topological polar surface area (TPSA) is 59.6 Å². The van der Waals surface area contributed by atoms with Crippen molar-refractivity contribution in [2.45, 2.75) is 0 Å². The molecule has 4 nitrogen and oxygen atoms in total. The van der Waals surface area contributed by atoms with Crippen LogP contribution in [0, 0.1) is 0 Å². The first-order chi connectivity index (χ1) is 10.5. The Kier molecular flexibility index (Phi) is 6.35. The van der Waals surface area contributed by atoms with E-state index >= 15 is 0 Å². The Bertz CT molecular complexity index is 689. The minimum atomic E-state index is 0.108. The maximum absolute atomic E-state index is 5.77. The van der Waals surface area contributed by atoms with Gasteiger partial charge in [-0.05, 0) is 42.5 Å². The number of benzene rings is 2. The molecular formula is C15H13Br2N3OS. The van der Waals surface area contributed by atoms with Gasteiger partial charge in [0, 0.05) is 14.5 Å². The summed E-state index contributed by atoms with van der Waals surface area (Å²) in [5.41, 5.74) is 9.64. The lowest BCUT2D eigenvalue weighted by Gasteiger charge is -2.10. The highest BCUT2D eigenvalue weighted by molar-refractivity contribution is 9.10. The minimum Gasteiger partial charge on any atom is -0.487 e. The van der Waals surface area contributed by atoms with Gasteiger partial charge in [0.1, 0.15) is 18.1 Å². The molecular weight excluding hydrogens is 430 g/mol. The molecule has 0 unspecified atom stereocenters. The van der Waals surface area contributed by atoms with Gasteiger partial charge in [-0.25, -0.2) is 0 Å². The summed E-state index contributed by atoms with van der Waals surface area (Å²) >= 11 is 11.6. The quantitative estimate of drug-likeness (QED) is 0.419. The molecule has 2 rings (SSSR count). The smallest absolute Gasteiger partial charge is 0.184 e. The fraction of sp³-hybridized carbons (Fsp3) is 0.0667. The van der Waals surface area contributed by atoms with Gasteiger partial charge < -0.3 is 10.5 Å². The normalized spacial score (nSPS) is 11.1. The van der Waals surface area contributed by atoms with E-state index in [0.717, 1.165) is 20.3 Å². The van der Waals surface area contributed by atoms with Crippen molar-refractivity contribution in [1.82, 2.24) is 5.43 Å². The Balaban J connectivity index is 2.16. The second-order valence-electron chi connectivity index (χ2n) is 4.29. The molecule has 0 aromatic heterocycles. The van der Waals surface area contributed by atoms with Crippen molar-refractivity contribution >= 4 is 54.9 Å². The van der Waals surface area contributed by atoms with Crippen molar-refractivity contribution in [1.29, 1.82) is 0 Å². The number of hydrazone groups is 1. The molecule has 0 bridgehead atoms. The molecule has 7 heteroatoms. The van der Waals surface area contributed by atoms with E-state index in [1.165, 1.54) is 0 Å². The Morgan fingerprint density at radius 2 is 1.86 bits per heavy atom. The number of hydrogen-bond donors (Lipinski definition) is 2. The van der Waals surface area contributed by atoms with Gasteiger partial charge in [0.25, 0.3) is 0 Å². The minimum absolute atomic E-state index is 0.108. The van der Waals surface area contributed by atoms with E-state index in [9.17, 15) is 0 Å². The lowest BCUT2D eigenvalue weighted by atomic mass is 10.1. The summed E-state index contributed by atoms with van der Waals surface area (Å²) < 4.78 is 7.71. The molecule has 0 atom stereocenters. The number of nitrogens with zero attached hydrogens (tertiary/aromatic N) is 1. The summed E-state index contributed by atoms with van der Waals surface area (Å²) in [6.45, 7) is 0.285. The average Bonchev–Trinajstić information content (AvgIpc) is 2.48. The molecule has 0 fully saturated rings. The van der Waals surface area contributed by atoms with E-state index in [2.05, 4.69) is 42.4 Å². The Labute approximate surface area is 151 Å². The van der Waals surface area contributed by atoms with Gasteiger partial charge in [0.05, 0.1) is 0 Å². The summed E-state index contributed by atoms with van der Waals surface area (Å²) in [4.78, 5) is 0. The van der Waals surface area contributed by atoms with Crippen LogP contribution in [0.2, 0.25) is 0 Å². The van der Waals surface area contributed by atoms with Crippen LogP contribution in [0.3, 0.4) is 0 Å². The van der Waals surface area contributed by atoms with Gasteiger partial charge in [-0.3, -0.25) is 5.43 Å². The number of nitrogens with one attached hydrogen (secondary N) is 1. The van der Waals surface area contributed by atoms with Crippen molar-refractivity contribution < 1.29 is 4.74 Å². The predicted molar refractivity (Wildman–Crippen MR) is 100 cm³/mol. The number of nitrogens with two attached hydrogens (primary N) is 1. The van der Waals surface area contributed by atoms with Crippen molar-refractivity contribution in [2.75, 3.05) is 6.61 Å². The fourth-order valence-corrected chi connectivity index (χ4v) is 2.34.